The molecule has 2 heterocycles. The zero-order valence-electron chi connectivity index (χ0n) is 16.6. The quantitative estimate of drug-likeness (QED) is 0.379. The molecule has 0 unspecified atom stereocenters. The van der Waals surface area contributed by atoms with Crippen LogP contribution in [0.1, 0.15) is 25.7 Å². The first kappa shape index (κ1) is 17.9. The standard InChI is InChI=1S/C22H20N6O3/c29-19(11-1-2-11)27-21-23-15-7-5-13(9-17(15)25-21)31-14-6-8-16-18(10-14)26-22(24-16)28-20(30)12-3-4-12/h5-12H,1-4H2,(H2,23,25,27,29)(H2,24,26,28,30). The third-order valence-electron chi connectivity index (χ3n) is 5.52. The van der Waals surface area contributed by atoms with E-state index in [9.17, 15) is 9.59 Å². The largest absolute Gasteiger partial charge is 0.457 e. The number of carbonyl (C=O) groups is 2. The molecule has 156 valence electrons. The van der Waals surface area contributed by atoms with Gasteiger partial charge in [-0.2, -0.15) is 0 Å². The Bertz CT molecular complexity index is 1230. The smallest absolute Gasteiger partial charge is 0.229 e. The van der Waals surface area contributed by atoms with Crippen molar-refractivity contribution in [2.24, 2.45) is 11.8 Å². The highest BCUT2D eigenvalue weighted by molar-refractivity contribution is 5.95. The van der Waals surface area contributed by atoms with Gasteiger partial charge >= 0.3 is 0 Å². The number of ether oxygens (including phenoxy) is 1. The highest BCUT2D eigenvalue weighted by atomic mass is 16.5. The molecule has 0 radical (unpaired) electrons. The summed E-state index contributed by atoms with van der Waals surface area (Å²) in [5.41, 5.74) is 3.05. The molecule has 2 aromatic carbocycles. The molecule has 2 aliphatic rings. The third-order valence-corrected chi connectivity index (χ3v) is 5.52. The summed E-state index contributed by atoms with van der Waals surface area (Å²) in [5, 5.41) is 5.64. The van der Waals surface area contributed by atoms with E-state index in [0.29, 0.717) is 23.4 Å². The maximum atomic E-state index is 11.9. The molecule has 4 N–H and O–H groups in total. The number of nitrogens with one attached hydrogen (secondary N) is 4. The van der Waals surface area contributed by atoms with Crippen LogP contribution < -0.4 is 15.4 Å². The van der Waals surface area contributed by atoms with Crippen molar-refractivity contribution in [1.82, 2.24) is 19.9 Å². The van der Waals surface area contributed by atoms with Crippen molar-refractivity contribution in [3.63, 3.8) is 0 Å². The minimum Gasteiger partial charge on any atom is -0.457 e. The molecule has 0 atom stereocenters. The Kier molecular flexibility index (Phi) is 3.95. The fraction of sp³-hybridized carbons (Fsp3) is 0.273. The maximum absolute atomic E-state index is 11.9. The van der Waals surface area contributed by atoms with Gasteiger partial charge in [0.25, 0.3) is 0 Å². The van der Waals surface area contributed by atoms with Gasteiger partial charge in [0.2, 0.25) is 23.7 Å². The number of hydrogen-bond acceptors (Lipinski definition) is 5. The highest BCUT2D eigenvalue weighted by Crippen LogP contribution is 2.32. The number of rotatable bonds is 6. The molecule has 9 heteroatoms. The summed E-state index contributed by atoms with van der Waals surface area (Å²) in [7, 11) is 0. The van der Waals surface area contributed by atoms with Crippen LogP contribution in [0.25, 0.3) is 22.1 Å². The fourth-order valence-electron chi connectivity index (χ4n) is 3.49. The first-order chi connectivity index (χ1) is 15.1. The number of imidazole rings is 2. The van der Waals surface area contributed by atoms with E-state index in [1.54, 1.807) is 0 Å². The van der Waals surface area contributed by atoms with Crippen molar-refractivity contribution in [2.75, 3.05) is 10.6 Å². The molecule has 4 aromatic rings. The monoisotopic (exact) mass is 416 g/mol. The summed E-state index contributed by atoms with van der Waals surface area (Å²) in [6.07, 6.45) is 3.77. The molecule has 2 aromatic heterocycles. The van der Waals surface area contributed by atoms with Gasteiger partial charge in [0.15, 0.2) is 0 Å². The summed E-state index contributed by atoms with van der Waals surface area (Å²) in [6, 6.07) is 11.0. The van der Waals surface area contributed by atoms with Crippen molar-refractivity contribution in [1.29, 1.82) is 0 Å². The van der Waals surface area contributed by atoms with E-state index >= 15 is 0 Å². The zero-order valence-corrected chi connectivity index (χ0v) is 16.6. The SMILES string of the molecule is O=C(Nc1nc2ccc(Oc3ccc4nc(NC(=O)C5CC5)[nH]c4c3)cc2[nH]1)C1CC1. The summed E-state index contributed by atoms with van der Waals surface area (Å²) in [4.78, 5) is 38.9. The summed E-state index contributed by atoms with van der Waals surface area (Å²) < 4.78 is 6.00. The van der Waals surface area contributed by atoms with Gasteiger partial charge in [-0.25, -0.2) is 9.97 Å². The lowest BCUT2D eigenvalue weighted by atomic mass is 10.3. The number of benzene rings is 2. The van der Waals surface area contributed by atoms with Gasteiger partial charge in [0.1, 0.15) is 11.5 Å². The fourth-order valence-corrected chi connectivity index (χ4v) is 3.49. The van der Waals surface area contributed by atoms with Crippen LogP contribution in [0.2, 0.25) is 0 Å². The molecule has 31 heavy (non-hydrogen) atoms. The van der Waals surface area contributed by atoms with Crippen LogP contribution in [-0.2, 0) is 9.59 Å². The van der Waals surface area contributed by atoms with Crippen LogP contribution in [0.5, 0.6) is 11.5 Å². The van der Waals surface area contributed by atoms with Crippen molar-refractivity contribution in [3.05, 3.63) is 36.4 Å². The Morgan fingerprint density at radius 3 is 1.65 bits per heavy atom. The molecular formula is C22H20N6O3. The maximum Gasteiger partial charge on any atom is 0.229 e. The van der Waals surface area contributed by atoms with E-state index in [2.05, 4.69) is 30.6 Å². The van der Waals surface area contributed by atoms with Crippen LogP contribution in [0.4, 0.5) is 11.9 Å². The lowest BCUT2D eigenvalue weighted by Gasteiger charge is -2.05. The second-order valence-corrected chi connectivity index (χ2v) is 8.16. The topological polar surface area (TPSA) is 125 Å². The summed E-state index contributed by atoms with van der Waals surface area (Å²) in [5.74, 6) is 2.42. The molecule has 2 saturated carbocycles. The van der Waals surface area contributed by atoms with Gasteiger partial charge in [0, 0.05) is 24.0 Å². The number of hydrogen-bond donors (Lipinski definition) is 4. The van der Waals surface area contributed by atoms with Crippen LogP contribution in [0, 0.1) is 11.8 Å². The average molecular weight is 416 g/mol. The molecule has 0 spiro atoms. The number of nitrogens with zero attached hydrogens (tertiary/aromatic N) is 2. The van der Waals surface area contributed by atoms with Crippen molar-refractivity contribution < 1.29 is 14.3 Å². The van der Waals surface area contributed by atoms with Crippen molar-refractivity contribution >= 4 is 45.8 Å². The van der Waals surface area contributed by atoms with Crippen LogP contribution >= 0.6 is 0 Å². The number of anilines is 2. The van der Waals surface area contributed by atoms with Gasteiger partial charge < -0.3 is 14.7 Å². The number of fused-ring (bicyclic) bond motifs is 2. The summed E-state index contributed by atoms with van der Waals surface area (Å²) in [6.45, 7) is 0. The van der Waals surface area contributed by atoms with E-state index in [1.165, 1.54) is 0 Å². The molecule has 2 fully saturated rings. The van der Waals surface area contributed by atoms with Crippen LogP contribution in [0.3, 0.4) is 0 Å². The summed E-state index contributed by atoms with van der Waals surface area (Å²) >= 11 is 0. The Labute approximate surface area is 176 Å². The molecule has 6 rings (SSSR count). The third kappa shape index (κ3) is 3.70. The molecule has 0 saturated heterocycles. The zero-order chi connectivity index (χ0) is 20.9. The Morgan fingerprint density at radius 1 is 0.774 bits per heavy atom. The van der Waals surface area contributed by atoms with Gasteiger partial charge in [0.05, 0.1) is 22.1 Å². The van der Waals surface area contributed by atoms with Gasteiger partial charge in [-0.1, -0.05) is 0 Å². The van der Waals surface area contributed by atoms with Crippen LogP contribution in [0.15, 0.2) is 36.4 Å². The molecule has 2 aliphatic carbocycles. The molecular weight excluding hydrogens is 396 g/mol. The van der Waals surface area contributed by atoms with Crippen LogP contribution in [-0.4, -0.2) is 31.8 Å². The second kappa shape index (κ2) is 6.83. The molecule has 2 amide bonds. The Morgan fingerprint density at radius 2 is 1.23 bits per heavy atom. The Balaban J connectivity index is 1.19. The first-order valence-electron chi connectivity index (χ1n) is 10.4. The van der Waals surface area contributed by atoms with Gasteiger partial charge in [-0.3, -0.25) is 20.2 Å². The van der Waals surface area contributed by atoms with E-state index in [-0.39, 0.29) is 23.7 Å². The van der Waals surface area contributed by atoms with E-state index < -0.39 is 0 Å². The predicted octanol–water partition coefficient (Wildman–Crippen LogP) is 3.93. The van der Waals surface area contributed by atoms with Gasteiger partial charge in [-0.05, 0) is 49.9 Å². The number of aromatic nitrogens is 4. The minimum absolute atomic E-state index is 0.0103. The molecule has 0 bridgehead atoms. The second-order valence-electron chi connectivity index (χ2n) is 8.16. The molecule has 9 nitrogen and oxygen atoms in total. The predicted molar refractivity (Wildman–Crippen MR) is 115 cm³/mol. The highest BCUT2D eigenvalue weighted by Gasteiger charge is 2.30. The Hall–Kier alpha value is -3.88. The lowest BCUT2D eigenvalue weighted by Crippen LogP contribution is -2.14. The number of amides is 2. The average Bonchev–Trinajstić information content (AvgIpc) is 3.66. The normalized spacial score (nSPS) is 15.9. The van der Waals surface area contributed by atoms with Gasteiger partial charge in [-0.15, -0.1) is 0 Å². The van der Waals surface area contributed by atoms with E-state index in [4.69, 9.17) is 4.74 Å². The van der Waals surface area contributed by atoms with Crippen molar-refractivity contribution in [2.45, 2.75) is 25.7 Å². The minimum atomic E-state index is 0.0103. The van der Waals surface area contributed by atoms with E-state index in [1.807, 2.05) is 36.4 Å². The number of carbonyl (C=O) groups excluding carboxylic acids is 2. The molecule has 0 aliphatic heterocycles. The number of aromatic amines is 2. The lowest BCUT2D eigenvalue weighted by molar-refractivity contribution is -0.118. The van der Waals surface area contributed by atoms with E-state index in [0.717, 1.165) is 47.8 Å². The first-order valence-corrected chi connectivity index (χ1v) is 10.4. The number of H-pyrrole nitrogens is 2. The van der Waals surface area contributed by atoms with Crippen molar-refractivity contribution in [3.8, 4) is 11.5 Å².